The first-order valence-corrected chi connectivity index (χ1v) is 9.55. The molecule has 0 bridgehead atoms. The van der Waals surface area contributed by atoms with Crippen molar-refractivity contribution in [2.75, 3.05) is 11.9 Å². The molecule has 0 aromatic heterocycles. The van der Waals surface area contributed by atoms with E-state index in [1.54, 1.807) is 29.2 Å². The molecule has 152 valence electrons. The first-order chi connectivity index (χ1) is 13.9. The molecule has 0 spiro atoms. The molecule has 1 unspecified atom stereocenters. The van der Waals surface area contributed by atoms with E-state index >= 15 is 0 Å². The molecule has 2 amide bonds. The van der Waals surface area contributed by atoms with E-state index in [2.05, 4.69) is 5.32 Å². The van der Waals surface area contributed by atoms with E-state index in [4.69, 9.17) is 4.74 Å². The van der Waals surface area contributed by atoms with Crippen LogP contribution in [0.15, 0.2) is 48.5 Å². The number of likely N-dealkylation sites (tertiary alicyclic amines) is 1. The summed E-state index contributed by atoms with van der Waals surface area (Å²) in [5.74, 6) is 0.273. The molecule has 2 aromatic rings. The Morgan fingerprint density at radius 3 is 2.28 bits per heavy atom. The van der Waals surface area contributed by atoms with Gasteiger partial charge in [0.25, 0.3) is 0 Å². The Labute approximate surface area is 168 Å². The molecule has 3 rings (SSSR count). The molecule has 0 radical (unpaired) electrons. The largest absolute Gasteiger partial charge is 0.457 e. The molecule has 2 aromatic carbocycles. The molecule has 0 aliphatic carbocycles. The van der Waals surface area contributed by atoms with E-state index in [1.807, 2.05) is 0 Å². The minimum Gasteiger partial charge on any atom is -0.457 e. The maximum atomic E-state index is 12.9. The number of amides is 2. The lowest BCUT2D eigenvalue weighted by molar-refractivity contribution is -0.137. The number of anilines is 1. The van der Waals surface area contributed by atoms with Crippen molar-refractivity contribution in [3.8, 4) is 11.5 Å². The van der Waals surface area contributed by atoms with Gasteiger partial charge in [-0.1, -0.05) is 0 Å². The van der Waals surface area contributed by atoms with E-state index in [0.29, 0.717) is 30.2 Å². The number of hydrogen-bond donors (Lipinski definition) is 1. The number of benzene rings is 2. The highest BCUT2D eigenvalue weighted by Crippen LogP contribution is 2.24. The maximum absolute atomic E-state index is 12.9. The third kappa shape index (κ3) is 5.63. The van der Waals surface area contributed by atoms with Gasteiger partial charge in [0.15, 0.2) is 0 Å². The zero-order valence-electron chi connectivity index (χ0n) is 16.2. The van der Waals surface area contributed by atoms with Crippen LogP contribution >= 0.6 is 0 Å². The molecule has 1 heterocycles. The van der Waals surface area contributed by atoms with E-state index in [9.17, 15) is 18.8 Å². The average molecular weight is 398 g/mol. The van der Waals surface area contributed by atoms with E-state index < -0.39 is 6.04 Å². The summed E-state index contributed by atoms with van der Waals surface area (Å²) in [5, 5.41) is 2.83. The second-order valence-corrected chi connectivity index (χ2v) is 7.02. The van der Waals surface area contributed by atoms with Crippen LogP contribution in [0, 0.1) is 5.82 Å². The fourth-order valence-corrected chi connectivity index (χ4v) is 3.23. The topological polar surface area (TPSA) is 75.7 Å². The number of nitrogens with zero attached hydrogens (tertiary/aromatic N) is 1. The van der Waals surface area contributed by atoms with Crippen LogP contribution in [0.3, 0.4) is 0 Å². The van der Waals surface area contributed by atoms with Crippen LogP contribution in [0.4, 0.5) is 10.1 Å². The number of rotatable bonds is 7. The highest BCUT2D eigenvalue weighted by atomic mass is 19.1. The molecule has 1 saturated heterocycles. The highest BCUT2D eigenvalue weighted by molar-refractivity contribution is 5.97. The van der Waals surface area contributed by atoms with Crippen molar-refractivity contribution >= 4 is 23.3 Å². The summed E-state index contributed by atoms with van der Waals surface area (Å²) in [6.45, 7) is 1.98. The lowest BCUT2D eigenvalue weighted by Gasteiger charge is -2.24. The minimum atomic E-state index is -0.524. The Morgan fingerprint density at radius 2 is 1.66 bits per heavy atom. The third-order valence-electron chi connectivity index (χ3n) is 4.74. The zero-order chi connectivity index (χ0) is 20.8. The molecule has 29 heavy (non-hydrogen) atoms. The number of hydrogen-bond acceptors (Lipinski definition) is 4. The smallest absolute Gasteiger partial charge is 0.247 e. The van der Waals surface area contributed by atoms with Crippen molar-refractivity contribution < 1.29 is 23.5 Å². The lowest BCUT2D eigenvalue weighted by atomic mass is 10.1. The summed E-state index contributed by atoms with van der Waals surface area (Å²) in [6, 6.07) is 12.0. The monoisotopic (exact) mass is 398 g/mol. The Balaban J connectivity index is 1.57. The SMILES string of the molecule is CC(=O)CCC(=O)N1CCCC1C(=O)Nc1ccc(Oc2ccc(F)cc2)cc1. The number of carbonyl (C=O) groups is 3. The van der Waals surface area contributed by atoms with Gasteiger partial charge in [-0.3, -0.25) is 9.59 Å². The van der Waals surface area contributed by atoms with E-state index in [0.717, 1.165) is 6.42 Å². The molecule has 7 heteroatoms. The normalized spacial score (nSPS) is 15.8. The quantitative estimate of drug-likeness (QED) is 0.767. The zero-order valence-corrected chi connectivity index (χ0v) is 16.2. The van der Waals surface area contributed by atoms with Gasteiger partial charge >= 0.3 is 0 Å². The Kier molecular flexibility index (Phi) is 6.59. The van der Waals surface area contributed by atoms with E-state index in [-0.39, 0.29) is 36.3 Å². The van der Waals surface area contributed by atoms with Crippen LogP contribution in [0.25, 0.3) is 0 Å². The van der Waals surface area contributed by atoms with Crippen LogP contribution in [-0.2, 0) is 14.4 Å². The number of nitrogens with one attached hydrogen (secondary N) is 1. The van der Waals surface area contributed by atoms with Gasteiger partial charge in [-0.05, 0) is 68.3 Å². The standard InChI is InChI=1S/C22H23FN2O4/c1-15(26)4-13-21(27)25-14-2-3-20(25)22(28)24-17-7-11-19(12-8-17)29-18-9-5-16(23)6-10-18/h5-12,20H,2-4,13-14H2,1H3,(H,24,28). The van der Waals surface area contributed by atoms with Gasteiger partial charge in [0.1, 0.15) is 29.1 Å². The molecule has 1 aliphatic rings. The molecule has 1 fully saturated rings. The molecule has 1 N–H and O–H groups in total. The second kappa shape index (κ2) is 9.32. The van der Waals surface area contributed by atoms with Crippen LogP contribution in [0.5, 0.6) is 11.5 Å². The van der Waals surface area contributed by atoms with Crippen LogP contribution in [-0.4, -0.2) is 35.1 Å². The van der Waals surface area contributed by atoms with Gasteiger partial charge in [-0.2, -0.15) is 0 Å². The van der Waals surface area contributed by atoms with Gasteiger partial charge < -0.3 is 19.7 Å². The average Bonchev–Trinajstić information content (AvgIpc) is 3.19. The Hall–Kier alpha value is -3.22. The van der Waals surface area contributed by atoms with Gasteiger partial charge in [0, 0.05) is 25.1 Å². The second-order valence-electron chi connectivity index (χ2n) is 7.02. The van der Waals surface area contributed by atoms with Gasteiger partial charge in [0.2, 0.25) is 11.8 Å². The van der Waals surface area contributed by atoms with Crippen LogP contribution in [0.1, 0.15) is 32.6 Å². The van der Waals surface area contributed by atoms with Crippen molar-refractivity contribution in [3.05, 3.63) is 54.3 Å². The number of ketones is 1. The molecule has 6 nitrogen and oxygen atoms in total. The maximum Gasteiger partial charge on any atom is 0.247 e. The minimum absolute atomic E-state index is 0.0403. The molecular weight excluding hydrogens is 375 g/mol. The summed E-state index contributed by atoms with van der Waals surface area (Å²) in [7, 11) is 0. The van der Waals surface area contributed by atoms with Crippen molar-refractivity contribution in [2.45, 2.75) is 38.6 Å². The first-order valence-electron chi connectivity index (χ1n) is 9.55. The van der Waals surface area contributed by atoms with Gasteiger partial charge in [0.05, 0.1) is 0 Å². The Morgan fingerprint density at radius 1 is 1.03 bits per heavy atom. The summed E-state index contributed by atoms with van der Waals surface area (Å²) >= 11 is 0. The molecular formula is C22H23FN2O4. The van der Waals surface area contributed by atoms with E-state index in [1.165, 1.54) is 31.2 Å². The van der Waals surface area contributed by atoms with Crippen molar-refractivity contribution in [3.63, 3.8) is 0 Å². The summed E-state index contributed by atoms with van der Waals surface area (Å²) in [6.07, 6.45) is 1.69. The third-order valence-corrected chi connectivity index (χ3v) is 4.74. The van der Waals surface area contributed by atoms with Crippen LogP contribution in [0.2, 0.25) is 0 Å². The number of ether oxygens (including phenoxy) is 1. The van der Waals surface area contributed by atoms with Crippen molar-refractivity contribution in [1.82, 2.24) is 4.90 Å². The number of Topliss-reactive ketones (excluding diaryl/α,β-unsaturated/α-hetero) is 1. The Bertz CT molecular complexity index is 881. The van der Waals surface area contributed by atoms with Gasteiger partial charge in [-0.15, -0.1) is 0 Å². The highest BCUT2D eigenvalue weighted by Gasteiger charge is 2.33. The molecule has 1 aliphatic heterocycles. The predicted octanol–water partition coefficient (Wildman–Crippen LogP) is 3.92. The van der Waals surface area contributed by atoms with Crippen molar-refractivity contribution in [1.29, 1.82) is 0 Å². The molecule has 1 atom stereocenters. The first kappa shape index (κ1) is 20.5. The number of halogens is 1. The fourth-order valence-electron chi connectivity index (χ4n) is 3.23. The van der Waals surface area contributed by atoms with Crippen molar-refractivity contribution in [2.24, 2.45) is 0 Å². The summed E-state index contributed by atoms with van der Waals surface area (Å²) in [4.78, 5) is 37.6. The fraction of sp³-hybridized carbons (Fsp3) is 0.318. The predicted molar refractivity (Wildman–Crippen MR) is 106 cm³/mol. The lowest BCUT2D eigenvalue weighted by Crippen LogP contribution is -2.43. The van der Waals surface area contributed by atoms with Crippen LogP contribution < -0.4 is 10.1 Å². The van der Waals surface area contributed by atoms with Gasteiger partial charge in [-0.25, -0.2) is 4.39 Å². The summed E-state index contributed by atoms with van der Waals surface area (Å²) < 4.78 is 18.6. The molecule has 0 saturated carbocycles. The number of carbonyl (C=O) groups excluding carboxylic acids is 3. The summed E-state index contributed by atoms with van der Waals surface area (Å²) in [5.41, 5.74) is 0.587.